The van der Waals surface area contributed by atoms with Gasteiger partial charge in [0.2, 0.25) is 0 Å². The van der Waals surface area contributed by atoms with Gasteiger partial charge in [-0.05, 0) is 122 Å². The molecule has 236 valence electrons. The summed E-state index contributed by atoms with van der Waals surface area (Å²) in [4.78, 5) is 27.0. The van der Waals surface area contributed by atoms with Crippen molar-refractivity contribution in [3.05, 3.63) is 45.5 Å². The smallest absolute Gasteiger partial charge is 0.309 e. The van der Waals surface area contributed by atoms with Crippen LogP contribution < -0.4 is 0 Å². The number of carbonyl (C=O) groups is 2. The molecular formula is C37H50Cl2O4. The molecule has 4 fully saturated rings. The third-order valence-corrected chi connectivity index (χ3v) is 15.2. The molecule has 6 heteroatoms. The van der Waals surface area contributed by atoms with Gasteiger partial charge >= 0.3 is 5.97 Å². The summed E-state index contributed by atoms with van der Waals surface area (Å²) in [7, 11) is 0. The van der Waals surface area contributed by atoms with Gasteiger partial charge < -0.3 is 9.84 Å². The fraction of sp³-hybridized carbons (Fsp3) is 0.730. The van der Waals surface area contributed by atoms with Crippen LogP contribution in [0.25, 0.3) is 0 Å². The lowest BCUT2D eigenvalue weighted by molar-refractivity contribution is -0.210. The number of carbonyl (C=O) groups excluding carboxylic acids is 1. The zero-order chi connectivity index (χ0) is 31.4. The molecule has 9 atom stereocenters. The summed E-state index contributed by atoms with van der Waals surface area (Å²) in [6, 6.07) is 5.58. The Morgan fingerprint density at radius 3 is 2.23 bits per heavy atom. The van der Waals surface area contributed by atoms with Crippen molar-refractivity contribution >= 4 is 35.0 Å². The quantitative estimate of drug-likeness (QED) is 0.360. The zero-order valence-electron chi connectivity index (χ0n) is 27.1. The first-order chi connectivity index (χ1) is 19.9. The monoisotopic (exact) mass is 628 g/mol. The fourth-order valence-electron chi connectivity index (χ4n) is 11.5. The second-order valence-corrected chi connectivity index (χ2v) is 17.7. The van der Waals surface area contributed by atoms with Crippen molar-refractivity contribution < 1.29 is 19.4 Å². The van der Waals surface area contributed by atoms with Crippen LogP contribution in [0, 0.1) is 50.2 Å². The first-order valence-electron chi connectivity index (χ1n) is 16.5. The maximum atomic E-state index is 14.6. The fourth-order valence-corrected chi connectivity index (χ4v) is 12.0. The van der Waals surface area contributed by atoms with Crippen LogP contribution in [0.15, 0.2) is 29.8 Å². The van der Waals surface area contributed by atoms with E-state index >= 15 is 0 Å². The third kappa shape index (κ3) is 4.38. The largest absolute Gasteiger partial charge is 0.481 e. The maximum Gasteiger partial charge on any atom is 0.309 e. The second-order valence-electron chi connectivity index (χ2n) is 16.9. The van der Waals surface area contributed by atoms with Crippen molar-refractivity contribution in [3.8, 4) is 0 Å². The Labute approximate surface area is 268 Å². The summed E-state index contributed by atoms with van der Waals surface area (Å²) in [6.45, 7) is 16.6. The Hall–Kier alpha value is -1.36. The number of ketones is 1. The number of hydrogen-bond donors (Lipinski definition) is 1. The molecule has 4 saturated carbocycles. The lowest BCUT2D eigenvalue weighted by Gasteiger charge is -2.70. The van der Waals surface area contributed by atoms with Gasteiger partial charge in [0.15, 0.2) is 5.78 Å². The van der Waals surface area contributed by atoms with Crippen LogP contribution in [0.2, 0.25) is 10.0 Å². The van der Waals surface area contributed by atoms with Gasteiger partial charge in [-0.3, -0.25) is 9.59 Å². The van der Waals surface area contributed by atoms with Crippen LogP contribution in [0.1, 0.15) is 112 Å². The highest BCUT2D eigenvalue weighted by Crippen LogP contribution is 2.75. The first-order valence-corrected chi connectivity index (χ1v) is 17.2. The minimum Gasteiger partial charge on any atom is -0.481 e. The number of hydrogen-bond acceptors (Lipinski definition) is 3. The molecule has 1 aromatic rings. The summed E-state index contributed by atoms with van der Waals surface area (Å²) in [5.41, 5.74) is 0.911. The molecule has 5 aliphatic carbocycles. The topological polar surface area (TPSA) is 63.6 Å². The van der Waals surface area contributed by atoms with E-state index in [1.54, 1.807) is 0 Å². The number of carboxylic acids is 1. The SMILES string of the molecule is CC1(C)[C@@H](OCc2c(Cl)cccc2Cl)CC[C@]2(C)[C@H]3C(=O)C=C4[C@@H]5C[C@@](C)(C(=O)O)CC[C@]5(C)CC[C@@]4(C)[C@]3(C)CC[C@@H]12. The first kappa shape index (κ1) is 31.6. The molecule has 0 spiro atoms. The number of carboxylic acid groups (broad SMARTS) is 1. The van der Waals surface area contributed by atoms with E-state index in [-0.39, 0.29) is 50.8 Å². The van der Waals surface area contributed by atoms with Gasteiger partial charge in [-0.15, -0.1) is 0 Å². The van der Waals surface area contributed by atoms with Crippen LogP contribution in [0.5, 0.6) is 0 Å². The molecular weight excluding hydrogens is 579 g/mol. The van der Waals surface area contributed by atoms with Crippen LogP contribution >= 0.6 is 23.2 Å². The van der Waals surface area contributed by atoms with Crippen molar-refractivity contribution in [2.75, 3.05) is 0 Å². The number of rotatable bonds is 4. The summed E-state index contributed by atoms with van der Waals surface area (Å²) >= 11 is 12.9. The molecule has 0 unspecified atom stereocenters. The minimum atomic E-state index is -0.732. The predicted molar refractivity (Wildman–Crippen MR) is 172 cm³/mol. The van der Waals surface area contributed by atoms with E-state index in [0.717, 1.165) is 50.5 Å². The van der Waals surface area contributed by atoms with Gasteiger partial charge in [0.25, 0.3) is 0 Å². The number of ether oxygens (including phenoxy) is 1. The van der Waals surface area contributed by atoms with E-state index < -0.39 is 11.4 Å². The summed E-state index contributed by atoms with van der Waals surface area (Å²) in [5, 5.41) is 11.4. The van der Waals surface area contributed by atoms with E-state index in [9.17, 15) is 14.7 Å². The van der Waals surface area contributed by atoms with Gasteiger partial charge in [-0.1, -0.05) is 76.4 Å². The normalized spacial score (nSPS) is 45.2. The molecule has 0 saturated heterocycles. The summed E-state index contributed by atoms with van der Waals surface area (Å²) < 4.78 is 6.63. The highest BCUT2D eigenvalue weighted by molar-refractivity contribution is 6.35. The van der Waals surface area contributed by atoms with Crippen molar-refractivity contribution in [2.24, 2.45) is 50.2 Å². The molecule has 1 aromatic carbocycles. The van der Waals surface area contributed by atoms with E-state index in [0.29, 0.717) is 35.4 Å². The van der Waals surface area contributed by atoms with Crippen LogP contribution in [-0.4, -0.2) is 23.0 Å². The van der Waals surface area contributed by atoms with E-state index in [1.165, 1.54) is 5.57 Å². The third-order valence-electron chi connectivity index (χ3n) is 14.5. The molecule has 0 aliphatic heterocycles. The van der Waals surface area contributed by atoms with Crippen LogP contribution in [-0.2, 0) is 20.9 Å². The summed E-state index contributed by atoms with van der Waals surface area (Å²) in [6.07, 6.45) is 10.4. The van der Waals surface area contributed by atoms with Gasteiger partial charge in [-0.2, -0.15) is 0 Å². The standard InChI is InChI=1S/C37H50Cl2O4/c1-32(2)28-11-14-37(7)30(35(28,5)13-12-29(32)43-21-22-25(38)9-8-10-26(22)39)27(40)19-23-24-20-34(4,31(41)42)16-15-33(24,3)17-18-36(23,37)6/h8-10,19,24,28-30H,11-18,20-21H2,1-7H3,(H,41,42)/t24-,28-,29-,30+,33+,34-,35-,36+,37+/m0/s1. The highest BCUT2D eigenvalue weighted by Gasteiger charge is 2.70. The van der Waals surface area contributed by atoms with Crippen molar-refractivity contribution in [1.82, 2.24) is 0 Å². The predicted octanol–water partition coefficient (Wildman–Crippen LogP) is 9.94. The minimum absolute atomic E-state index is 0.0500. The Morgan fingerprint density at radius 1 is 0.930 bits per heavy atom. The van der Waals surface area contributed by atoms with Gasteiger partial charge in [0.05, 0.1) is 18.1 Å². The lowest BCUT2D eigenvalue weighted by atomic mass is 9.33. The number of allylic oxidation sites excluding steroid dienone is 2. The summed E-state index contributed by atoms with van der Waals surface area (Å²) in [5.74, 6) is 0.0294. The van der Waals surface area contributed by atoms with Gasteiger partial charge in [0, 0.05) is 21.5 Å². The number of aliphatic carboxylic acids is 1. The van der Waals surface area contributed by atoms with E-state index in [4.69, 9.17) is 27.9 Å². The van der Waals surface area contributed by atoms with Gasteiger partial charge in [-0.25, -0.2) is 0 Å². The van der Waals surface area contributed by atoms with E-state index in [1.807, 2.05) is 31.2 Å². The Kier molecular flexibility index (Phi) is 7.40. The molecule has 1 N–H and O–H groups in total. The second kappa shape index (κ2) is 10.1. The number of fused-ring (bicyclic) bond motifs is 7. The average molecular weight is 630 g/mol. The zero-order valence-corrected chi connectivity index (χ0v) is 28.6. The highest BCUT2D eigenvalue weighted by atomic mass is 35.5. The number of halogens is 2. The van der Waals surface area contributed by atoms with Crippen molar-refractivity contribution in [2.45, 2.75) is 119 Å². The molecule has 0 amide bonds. The Morgan fingerprint density at radius 2 is 1.58 bits per heavy atom. The molecule has 6 rings (SSSR count). The van der Waals surface area contributed by atoms with Crippen molar-refractivity contribution in [1.29, 1.82) is 0 Å². The van der Waals surface area contributed by atoms with Crippen LogP contribution in [0.4, 0.5) is 0 Å². The molecule has 0 bridgehead atoms. The molecule has 0 aromatic heterocycles. The number of benzene rings is 1. The van der Waals surface area contributed by atoms with E-state index in [2.05, 4.69) is 41.5 Å². The molecule has 0 radical (unpaired) electrons. The Bertz CT molecular complexity index is 1360. The average Bonchev–Trinajstić information content (AvgIpc) is 2.91. The van der Waals surface area contributed by atoms with Crippen molar-refractivity contribution in [3.63, 3.8) is 0 Å². The van der Waals surface area contributed by atoms with Gasteiger partial charge in [0.1, 0.15) is 0 Å². The molecule has 5 aliphatic rings. The molecule has 4 nitrogen and oxygen atoms in total. The maximum absolute atomic E-state index is 14.6. The van der Waals surface area contributed by atoms with Crippen LogP contribution in [0.3, 0.4) is 0 Å². The molecule has 0 heterocycles. The lowest BCUT2D eigenvalue weighted by Crippen LogP contribution is -2.66. The Balaban J connectivity index is 1.33. The molecule has 43 heavy (non-hydrogen) atoms.